The molecule has 2 aliphatic heterocycles. The molecular formula is C29H38O11. The van der Waals surface area contributed by atoms with Gasteiger partial charge in [-0.15, -0.1) is 6.58 Å². The monoisotopic (exact) mass is 562 g/mol. The number of esters is 2. The van der Waals surface area contributed by atoms with Gasteiger partial charge < -0.3 is 38.0 Å². The second-order valence-electron chi connectivity index (χ2n) is 9.73. The van der Waals surface area contributed by atoms with Crippen molar-refractivity contribution in [2.45, 2.75) is 95.7 Å². The highest BCUT2D eigenvalue weighted by Crippen LogP contribution is 2.42. The summed E-state index contributed by atoms with van der Waals surface area (Å²) in [7, 11) is 1.18. The molecule has 11 heteroatoms. The summed E-state index contributed by atoms with van der Waals surface area (Å²) in [5, 5.41) is 0. The Labute approximate surface area is 234 Å². The molecule has 3 rings (SSSR count). The molecule has 2 fully saturated rings. The van der Waals surface area contributed by atoms with Crippen LogP contribution < -0.4 is 0 Å². The van der Waals surface area contributed by atoms with Gasteiger partial charge in [-0.3, -0.25) is 9.53 Å². The molecule has 0 N–H and O–H groups in total. The average molecular weight is 563 g/mol. The van der Waals surface area contributed by atoms with E-state index in [1.807, 2.05) is 30.3 Å². The highest BCUT2D eigenvalue weighted by atomic mass is 16.9. The Hall–Kier alpha value is -2.96. The predicted molar refractivity (Wildman–Crippen MR) is 139 cm³/mol. The first-order valence-corrected chi connectivity index (χ1v) is 13.4. The molecule has 1 aromatic rings. The maximum Gasteiger partial charge on any atom is 0.339 e. The van der Waals surface area contributed by atoms with Crippen LogP contribution in [0, 0.1) is 0 Å². The number of fused-ring (bicyclic) bond motifs is 1. The molecule has 0 radical (unpaired) electrons. The number of allylic oxidation sites excluding steroid dienone is 1. The van der Waals surface area contributed by atoms with Gasteiger partial charge in [0.05, 0.1) is 26.7 Å². The Bertz CT molecular complexity index is 1030. The van der Waals surface area contributed by atoms with Crippen molar-refractivity contribution in [1.29, 1.82) is 0 Å². The van der Waals surface area contributed by atoms with Gasteiger partial charge in [0.25, 0.3) is 5.97 Å². The first kappa shape index (κ1) is 31.6. The van der Waals surface area contributed by atoms with Crippen molar-refractivity contribution in [2.75, 3.05) is 13.7 Å². The fraction of sp³-hybridized carbons (Fsp3) is 0.586. The molecular weight excluding hydrogens is 524 g/mol. The minimum Gasteiger partial charge on any atom is -0.467 e. The van der Waals surface area contributed by atoms with Crippen LogP contribution >= 0.6 is 0 Å². The number of hydrogen-bond acceptors (Lipinski definition) is 11. The smallest absolute Gasteiger partial charge is 0.339 e. The summed E-state index contributed by atoms with van der Waals surface area (Å²) in [6.07, 6.45) is -2.90. The normalized spacial score (nSPS) is 27.4. The van der Waals surface area contributed by atoms with E-state index in [4.69, 9.17) is 33.2 Å². The van der Waals surface area contributed by atoms with Crippen LogP contribution in [0.4, 0.5) is 0 Å². The number of Topliss-reactive ketones (excluding diaryl/α,β-unsaturated/α-hetero) is 2. The van der Waals surface area contributed by atoms with Crippen LogP contribution in [0.2, 0.25) is 0 Å². The molecule has 11 nitrogen and oxygen atoms in total. The van der Waals surface area contributed by atoms with Crippen molar-refractivity contribution in [3.63, 3.8) is 0 Å². The quantitative estimate of drug-likeness (QED) is 0.167. The van der Waals surface area contributed by atoms with E-state index in [-0.39, 0.29) is 50.5 Å². The van der Waals surface area contributed by atoms with E-state index < -0.39 is 48.6 Å². The van der Waals surface area contributed by atoms with Gasteiger partial charge >= 0.3 is 11.9 Å². The Balaban J connectivity index is 1.92. The molecule has 2 saturated heterocycles. The highest BCUT2D eigenvalue weighted by molar-refractivity contribution is 5.81. The predicted octanol–water partition coefficient (Wildman–Crippen LogP) is 3.17. The molecule has 1 unspecified atom stereocenters. The van der Waals surface area contributed by atoms with E-state index in [1.165, 1.54) is 21.0 Å². The van der Waals surface area contributed by atoms with Gasteiger partial charge in [-0.25, -0.2) is 4.79 Å². The molecule has 220 valence electrons. The lowest BCUT2D eigenvalue weighted by Crippen LogP contribution is -2.61. The number of hydrogen-bond donors (Lipinski definition) is 0. The zero-order chi connectivity index (χ0) is 29.1. The largest absolute Gasteiger partial charge is 0.467 e. The Kier molecular flexibility index (Phi) is 12.0. The van der Waals surface area contributed by atoms with Crippen LogP contribution in [0.25, 0.3) is 0 Å². The minimum absolute atomic E-state index is 0.0246. The molecule has 0 saturated carbocycles. The maximum atomic E-state index is 12.8. The van der Waals surface area contributed by atoms with Crippen LogP contribution in [0.15, 0.2) is 43.0 Å². The molecule has 0 aromatic heterocycles. The number of methoxy groups -OCH3 is 1. The van der Waals surface area contributed by atoms with Crippen LogP contribution in [0.3, 0.4) is 0 Å². The lowest BCUT2D eigenvalue weighted by molar-refractivity contribution is -0.357. The summed E-state index contributed by atoms with van der Waals surface area (Å²) in [6, 6.07) is 9.27. The van der Waals surface area contributed by atoms with E-state index >= 15 is 0 Å². The summed E-state index contributed by atoms with van der Waals surface area (Å²) < 4.78 is 41.2. The van der Waals surface area contributed by atoms with Gasteiger partial charge in [-0.05, 0) is 32.3 Å². The van der Waals surface area contributed by atoms with Gasteiger partial charge in [-0.1, -0.05) is 36.4 Å². The summed E-state index contributed by atoms with van der Waals surface area (Å²) in [5.41, 5.74) is 0.823. The molecule has 40 heavy (non-hydrogen) atoms. The molecule has 0 spiro atoms. The molecule has 2 aliphatic rings. The second-order valence-corrected chi connectivity index (χ2v) is 9.73. The maximum absolute atomic E-state index is 12.8. The highest BCUT2D eigenvalue weighted by Gasteiger charge is 2.61. The topological polar surface area (TPSA) is 133 Å². The number of carbonyl (C=O) groups excluding carboxylic acids is 4. The van der Waals surface area contributed by atoms with Crippen LogP contribution in [0.1, 0.15) is 57.9 Å². The van der Waals surface area contributed by atoms with Crippen LogP contribution in [-0.2, 0) is 58.9 Å². The third-order valence-corrected chi connectivity index (χ3v) is 6.43. The van der Waals surface area contributed by atoms with Crippen molar-refractivity contribution in [3.05, 3.63) is 48.6 Å². The summed E-state index contributed by atoms with van der Waals surface area (Å²) in [4.78, 5) is 48.8. The third kappa shape index (κ3) is 8.77. The summed E-state index contributed by atoms with van der Waals surface area (Å²) >= 11 is 0. The number of carbonyl (C=O) groups is 4. The number of unbranched alkanes of at least 4 members (excludes halogenated alkanes) is 1. The average Bonchev–Trinajstić information content (AvgIpc) is 3.31. The fourth-order valence-corrected chi connectivity index (χ4v) is 4.37. The Morgan fingerprint density at radius 3 is 2.38 bits per heavy atom. The lowest BCUT2D eigenvalue weighted by atomic mass is 9.98. The molecule has 0 aliphatic carbocycles. The van der Waals surface area contributed by atoms with Crippen molar-refractivity contribution >= 4 is 23.5 Å². The first-order chi connectivity index (χ1) is 19.2. The van der Waals surface area contributed by atoms with Crippen LogP contribution in [0.5, 0.6) is 0 Å². The van der Waals surface area contributed by atoms with Gasteiger partial charge in [0.1, 0.15) is 23.8 Å². The van der Waals surface area contributed by atoms with Crippen molar-refractivity contribution < 1.29 is 52.3 Å². The zero-order valence-corrected chi connectivity index (χ0v) is 23.2. The number of ether oxygens (including phenoxy) is 7. The standard InChI is InChI=1S/C29H38O11/c1-5-6-10-17-36-29(16-15-20(3)31)39-26-23(35-18-21-11-8-7-9-12-21)24(37-22(32)14-13-19(2)30)25(27(33)34-4)38-28(26)40-29/h5,7-9,11-12,23-26,28H,1,6,10,13-18H2,2-4H3/t23-,24-,25+,26+,28+,29?/m0/s1. The van der Waals surface area contributed by atoms with Gasteiger partial charge in [-0.2, -0.15) is 0 Å². The van der Waals surface area contributed by atoms with E-state index in [2.05, 4.69) is 6.58 Å². The van der Waals surface area contributed by atoms with Crippen molar-refractivity contribution in [2.24, 2.45) is 0 Å². The number of ketones is 2. The second kappa shape index (κ2) is 15.2. The van der Waals surface area contributed by atoms with Crippen LogP contribution in [-0.4, -0.2) is 73.9 Å². The first-order valence-electron chi connectivity index (χ1n) is 13.4. The molecule has 2 heterocycles. The van der Waals surface area contributed by atoms with Gasteiger partial charge in [0.2, 0.25) is 0 Å². The summed E-state index contributed by atoms with van der Waals surface area (Å²) in [6.45, 7) is 6.84. The third-order valence-electron chi connectivity index (χ3n) is 6.43. The van der Waals surface area contributed by atoms with E-state index in [0.29, 0.717) is 12.8 Å². The van der Waals surface area contributed by atoms with E-state index in [9.17, 15) is 19.2 Å². The minimum atomic E-state index is -1.66. The zero-order valence-electron chi connectivity index (χ0n) is 23.2. The van der Waals surface area contributed by atoms with Crippen molar-refractivity contribution in [3.8, 4) is 0 Å². The van der Waals surface area contributed by atoms with E-state index in [0.717, 1.165) is 5.56 Å². The molecule has 0 bridgehead atoms. The number of benzene rings is 1. The number of rotatable bonds is 16. The Morgan fingerprint density at radius 2 is 1.73 bits per heavy atom. The van der Waals surface area contributed by atoms with E-state index in [1.54, 1.807) is 6.08 Å². The lowest BCUT2D eigenvalue weighted by Gasteiger charge is -2.40. The molecule has 0 amide bonds. The Morgan fingerprint density at radius 1 is 1.00 bits per heavy atom. The summed E-state index contributed by atoms with van der Waals surface area (Å²) in [5.74, 6) is -3.47. The van der Waals surface area contributed by atoms with Crippen molar-refractivity contribution in [1.82, 2.24) is 0 Å². The SMILES string of the molecule is C=CCCCOC1(CCC(C)=O)O[C@H]2O[C@@H](C(=O)OC)[C@@H](OC(=O)CCC(C)=O)[C@H](OCc3ccccc3)[C@H]2O1. The van der Waals surface area contributed by atoms with Gasteiger partial charge in [0.15, 0.2) is 18.5 Å². The van der Waals surface area contributed by atoms with Gasteiger partial charge in [0, 0.05) is 19.3 Å². The fourth-order valence-electron chi connectivity index (χ4n) is 4.37. The molecule has 6 atom stereocenters. The molecule has 1 aromatic carbocycles.